The Morgan fingerprint density at radius 2 is 0.840 bits per heavy atom. The molecule has 6 rings (SSSR count). The van der Waals surface area contributed by atoms with Gasteiger partial charge < -0.3 is 23.7 Å². The number of ether oxygens (including phenoxy) is 5. The third-order valence-corrected chi connectivity index (χ3v) is 8.13. The predicted molar refractivity (Wildman–Crippen MR) is 189 cm³/mol. The molecule has 9 nitrogen and oxygen atoms in total. The normalized spacial score (nSPS) is 13.8. The summed E-state index contributed by atoms with van der Waals surface area (Å²) in [4.78, 5) is 0. The van der Waals surface area contributed by atoms with E-state index in [1.807, 2.05) is 152 Å². The average molecular weight is 671 g/mol. The molecule has 0 radical (unpaired) electrons. The number of aromatic nitrogens is 4. The summed E-state index contributed by atoms with van der Waals surface area (Å²) < 4.78 is 35.1. The molecular weight excluding hydrogens is 628 g/mol. The van der Waals surface area contributed by atoms with E-state index in [1.165, 1.54) is 6.33 Å². The predicted octanol–water partition coefficient (Wildman–Crippen LogP) is 7.36. The number of nitrogens with zero attached hydrogens (tertiary/aromatic N) is 4. The second-order valence-corrected chi connectivity index (χ2v) is 11.8. The van der Waals surface area contributed by atoms with Gasteiger partial charge in [-0.05, 0) is 38.2 Å². The molecule has 9 heteroatoms. The molecular formula is C41H42N4O5. The Morgan fingerprint density at radius 3 is 1.28 bits per heavy atom. The highest BCUT2D eigenvalue weighted by Crippen LogP contribution is 2.28. The van der Waals surface area contributed by atoms with Crippen molar-refractivity contribution in [1.82, 2.24) is 20.2 Å². The molecule has 0 saturated heterocycles. The lowest BCUT2D eigenvalue weighted by Gasteiger charge is -2.37. The smallest absolute Gasteiger partial charge is 0.182 e. The van der Waals surface area contributed by atoms with Crippen molar-refractivity contribution in [2.24, 2.45) is 0 Å². The molecule has 6 aromatic rings. The fraction of sp³-hybridized carbons (Fsp3) is 0.244. The van der Waals surface area contributed by atoms with Crippen LogP contribution in [0.2, 0.25) is 0 Å². The summed E-state index contributed by atoms with van der Waals surface area (Å²) in [6.07, 6.45) is -1.26. The number of hydrogen-bond acceptors (Lipinski definition) is 8. The molecule has 0 amide bonds. The van der Waals surface area contributed by atoms with Gasteiger partial charge in [-0.2, -0.15) is 0 Å². The Labute approximate surface area is 293 Å². The molecule has 0 spiro atoms. The number of tetrazole rings is 1. The van der Waals surface area contributed by atoms with Crippen molar-refractivity contribution in [3.05, 3.63) is 186 Å². The van der Waals surface area contributed by atoms with Crippen LogP contribution in [0.3, 0.4) is 0 Å². The quantitative estimate of drug-likeness (QED) is 0.0833. The third-order valence-electron chi connectivity index (χ3n) is 8.13. The van der Waals surface area contributed by atoms with Crippen LogP contribution in [-0.2, 0) is 56.7 Å². The third kappa shape index (κ3) is 10.7. The lowest BCUT2D eigenvalue weighted by atomic mass is 10.0. The van der Waals surface area contributed by atoms with Crippen LogP contribution >= 0.6 is 0 Å². The average Bonchev–Trinajstić information content (AvgIpc) is 3.72. The topological polar surface area (TPSA) is 89.8 Å². The molecule has 5 aromatic carbocycles. The molecule has 0 bridgehead atoms. The van der Waals surface area contributed by atoms with Gasteiger partial charge in [-0.3, -0.25) is 0 Å². The highest BCUT2D eigenvalue weighted by atomic mass is 16.6. The molecule has 1 heterocycles. The Morgan fingerprint density at radius 1 is 0.440 bits per heavy atom. The maximum Gasteiger partial charge on any atom is 0.182 e. The van der Waals surface area contributed by atoms with E-state index in [2.05, 4.69) is 15.5 Å². The van der Waals surface area contributed by atoms with E-state index in [4.69, 9.17) is 23.7 Å². The van der Waals surface area contributed by atoms with Crippen molar-refractivity contribution in [2.75, 3.05) is 6.61 Å². The highest BCUT2D eigenvalue weighted by Gasteiger charge is 2.40. The molecule has 0 fully saturated rings. The van der Waals surface area contributed by atoms with Gasteiger partial charge in [0.25, 0.3) is 0 Å². The maximum atomic E-state index is 6.87. The van der Waals surface area contributed by atoms with Crippen molar-refractivity contribution in [2.45, 2.75) is 57.6 Å². The van der Waals surface area contributed by atoms with Crippen molar-refractivity contribution in [1.29, 1.82) is 0 Å². The van der Waals surface area contributed by atoms with Gasteiger partial charge in [-0.25, -0.2) is 4.68 Å². The minimum atomic E-state index is -0.786. The van der Waals surface area contributed by atoms with Gasteiger partial charge in [-0.15, -0.1) is 5.10 Å². The number of benzene rings is 5. The van der Waals surface area contributed by atoms with Gasteiger partial charge >= 0.3 is 0 Å². The second kappa shape index (κ2) is 19.2. The van der Waals surface area contributed by atoms with E-state index < -0.39 is 24.5 Å². The standard InChI is InChI=1S/C41H42N4O5/c1-6-16-33(17-7-1)26-46-31-38(47-27-34-18-8-2-9-19-34)39(48-28-35-20-10-3-11-21-35)40(49-29-36-22-12-4-13-23-36)41(45-32-42-43-44-45)50-30-37-24-14-5-15-25-37/h1-25,32,38-41H,26-31H2/t38-,39-,40+,41+/m1/s1. The zero-order valence-electron chi connectivity index (χ0n) is 27.9. The zero-order chi connectivity index (χ0) is 34.1. The molecule has 1 aromatic heterocycles. The van der Waals surface area contributed by atoms with Crippen LogP contribution in [0.15, 0.2) is 158 Å². The SMILES string of the molecule is c1ccc(COC[C@@H](OCc2ccccc2)[C@@H](OCc2ccccc2)[C@H](OCc2ccccc2)[C@H](OCc2ccccc2)n2cnnn2)cc1. The molecule has 0 aliphatic heterocycles. The Bertz CT molecular complexity index is 1750. The molecule has 0 aliphatic carbocycles. The minimum absolute atomic E-state index is 0.230. The first-order valence-corrected chi connectivity index (χ1v) is 16.8. The van der Waals surface area contributed by atoms with E-state index in [-0.39, 0.29) is 6.61 Å². The summed E-state index contributed by atoms with van der Waals surface area (Å²) in [5.74, 6) is 0. The molecule has 0 N–H and O–H groups in total. The van der Waals surface area contributed by atoms with Gasteiger partial charge in [0, 0.05) is 0 Å². The lowest BCUT2D eigenvalue weighted by Crippen LogP contribution is -2.49. The fourth-order valence-electron chi connectivity index (χ4n) is 5.53. The molecule has 0 aliphatic rings. The van der Waals surface area contributed by atoms with E-state index in [0.29, 0.717) is 33.0 Å². The summed E-state index contributed by atoms with van der Waals surface area (Å²) in [7, 11) is 0. The van der Waals surface area contributed by atoms with Crippen molar-refractivity contribution in [3.8, 4) is 0 Å². The first-order chi connectivity index (χ1) is 24.8. The van der Waals surface area contributed by atoms with Crippen LogP contribution < -0.4 is 0 Å². The summed E-state index contributed by atoms with van der Waals surface area (Å²) in [6.45, 7) is 1.88. The number of rotatable bonds is 20. The van der Waals surface area contributed by atoms with Gasteiger partial charge in [0.15, 0.2) is 6.23 Å². The van der Waals surface area contributed by atoms with E-state index in [9.17, 15) is 0 Å². The van der Waals surface area contributed by atoms with Crippen LogP contribution in [0.5, 0.6) is 0 Å². The van der Waals surface area contributed by atoms with E-state index in [0.717, 1.165) is 27.8 Å². The zero-order valence-corrected chi connectivity index (χ0v) is 27.9. The monoisotopic (exact) mass is 670 g/mol. The largest absolute Gasteiger partial charge is 0.374 e. The summed E-state index contributed by atoms with van der Waals surface area (Å²) >= 11 is 0. The van der Waals surface area contributed by atoms with Crippen LogP contribution in [0, 0.1) is 0 Å². The Balaban J connectivity index is 1.36. The minimum Gasteiger partial charge on any atom is -0.374 e. The molecule has 0 unspecified atom stereocenters. The maximum absolute atomic E-state index is 6.87. The number of hydrogen-bond donors (Lipinski definition) is 0. The summed E-state index contributed by atoms with van der Waals surface area (Å²) in [5, 5.41) is 12.2. The molecule has 4 atom stereocenters. The van der Waals surface area contributed by atoms with Crippen molar-refractivity contribution >= 4 is 0 Å². The molecule has 50 heavy (non-hydrogen) atoms. The highest BCUT2D eigenvalue weighted by molar-refractivity contribution is 5.17. The lowest BCUT2D eigenvalue weighted by molar-refractivity contribution is -0.218. The Hall–Kier alpha value is -5.03. The van der Waals surface area contributed by atoms with E-state index in [1.54, 1.807) is 4.68 Å². The van der Waals surface area contributed by atoms with Crippen molar-refractivity contribution in [3.63, 3.8) is 0 Å². The van der Waals surface area contributed by atoms with Gasteiger partial charge in [0.2, 0.25) is 0 Å². The molecule has 0 saturated carbocycles. The summed E-state index contributed by atoms with van der Waals surface area (Å²) in [6, 6.07) is 50.2. The van der Waals surface area contributed by atoms with Crippen molar-refractivity contribution < 1.29 is 23.7 Å². The van der Waals surface area contributed by atoms with Gasteiger partial charge in [-0.1, -0.05) is 152 Å². The van der Waals surface area contributed by atoms with Crippen LogP contribution in [0.4, 0.5) is 0 Å². The van der Waals surface area contributed by atoms with Gasteiger partial charge in [0.1, 0.15) is 24.6 Å². The summed E-state index contributed by atoms with van der Waals surface area (Å²) in [5.41, 5.74) is 5.10. The van der Waals surface area contributed by atoms with Gasteiger partial charge in [0.05, 0.1) is 39.6 Å². The van der Waals surface area contributed by atoms with Crippen LogP contribution in [-0.4, -0.2) is 45.1 Å². The van der Waals surface area contributed by atoms with E-state index >= 15 is 0 Å². The van der Waals surface area contributed by atoms with Crippen LogP contribution in [0.1, 0.15) is 34.0 Å². The first-order valence-electron chi connectivity index (χ1n) is 16.8. The fourth-order valence-corrected chi connectivity index (χ4v) is 5.53. The first kappa shape index (κ1) is 34.8. The second-order valence-electron chi connectivity index (χ2n) is 11.8. The molecule has 256 valence electrons. The van der Waals surface area contributed by atoms with Crippen LogP contribution in [0.25, 0.3) is 0 Å². The Kier molecular flexibility index (Phi) is 13.4.